The van der Waals surface area contributed by atoms with Crippen LogP contribution in [0, 0.1) is 11.7 Å². The fourth-order valence-corrected chi connectivity index (χ4v) is 3.31. The van der Waals surface area contributed by atoms with Gasteiger partial charge in [0.05, 0.1) is 12.1 Å². The zero-order valence-electron chi connectivity index (χ0n) is 17.1. The molecule has 1 aliphatic carbocycles. The van der Waals surface area contributed by atoms with Crippen molar-refractivity contribution >= 4 is 17.6 Å². The van der Waals surface area contributed by atoms with Gasteiger partial charge in [0.15, 0.2) is 5.82 Å². The lowest BCUT2D eigenvalue weighted by molar-refractivity contribution is -0.161. The molecule has 1 aromatic carbocycles. The fourth-order valence-electron chi connectivity index (χ4n) is 3.31. The van der Waals surface area contributed by atoms with Gasteiger partial charge in [0.1, 0.15) is 11.9 Å². The maximum atomic E-state index is 14.2. The molecule has 0 bridgehead atoms. The molecular weight excluding hydrogens is 450 g/mol. The summed E-state index contributed by atoms with van der Waals surface area (Å²) < 4.78 is 55.7. The Labute approximate surface area is 184 Å². The third kappa shape index (κ3) is 6.54. The Morgan fingerprint density at radius 1 is 1.18 bits per heavy atom. The van der Waals surface area contributed by atoms with Gasteiger partial charge in [-0.15, -0.1) is 10.2 Å². The second kappa shape index (κ2) is 10.0. The smallest absolute Gasteiger partial charge is 0.363 e. The van der Waals surface area contributed by atoms with Gasteiger partial charge in [-0.1, -0.05) is 36.3 Å². The number of aromatic amines is 1. The fraction of sp³-hybridized carbons (Fsp3) is 0.474. The van der Waals surface area contributed by atoms with Crippen LogP contribution in [0.5, 0.6) is 0 Å². The number of alkyl halides is 3. The minimum Gasteiger partial charge on any atom is -0.363 e. The van der Waals surface area contributed by atoms with Gasteiger partial charge < -0.3 is 11.1 Å². The second-order valence-corrected chi connectivity index (χ2v) is 7.72. The van der Waals surface area contributed by atoms with Crippen LogP contribution in [0.4, 0.5) is 17.6 Å². The third-order valence-electron chi connectivity index (χ3n) is 5.15. The van der Waals surface area contributed by atoms with Crippen LogP contribution < -0.4 is 16.4 Å². The number of Topliss-reactive ketones (excluding diaryl/α,β-unsaturated/α-hetero) is 1. The number of nitrogens with zero attached hydrogens (tertiary/aromatic N) is 3. The Morgan fingerprint density at radius 3 is 2.42 bits per heavy atom. The number of primary amides is 1. The molecule has 1 aliphatic rings. The molecule has 1 heterocycles. The number of tetrazole rings is 1. The highest BCUT2D eigenvalue weighted by Crippen LogP contribution is 2.35. The number of ketones is 1. The topological polar surface area (TPSA) is 156 Å². The first-order valence-corrected chi connectivity index (χ1v) is 9.99. The predicted molar refractivity (Wildman–Crippen MR) is 103 cm³/mol. The van der Waals surface area contributed by atoms with E-state index < -0.39 is 59.7 Å². The molecule has 2 aromatic rings. The van der Waals surface area contributed by atoms with E-state index in [1.807, 2.05) is 0 Å². The van der Waals surface area contributed by atoms with E-state index in [0.717, 1.165) is 25.0 Å². The lowest BCUT2D eigenvalue weighted by Crippen LogP contribution is -2.55. The number of aromatic nitrogens is 4. The van der Waals surface area contributed by atoms with Crippen LogP contribution in [0.1, 0.15) is 36.7 Å². The van der Waals surface area contributed by atoms with Crippen molar-refractivity contribution in [3.8, 4) is 0 Å². The second-order valence-electron chi connectivity index (χ2n) is 7.72. The SMILES string of the molecule is NC(=O)C(=O)[C@H](CC1CC1)NC(=O)[C@H](Cc1nn[nH]n1)N[C@@H](c1ccccc1F)C(F)(F)F. The van der Waals surface area contributed by atoms with E-state index in [1.165, 1.54) is 12.1 Å². The van der Waals surface area contributed by atoms with Crippen LogP contribution in [0.25, 0.3) is 0 Å². The van der Waals surface area contributed by atoms with Gasteiger partial charge in [-0.05, 0) is 18.4 Å². The van der Waals surface area contributed by atoms with Crippen LogP contribution in [-0.4, -0.2) is 56.5 Å². The van der Waals surface area contributed by atoms with Gasteiger partial charge in [-0.2, -0.15) is 18.4 Å². The number of halogens is 4. The van der Waals surface area contributed by atoms with E-state index in [1.54, 1.807) is 0 Å². The lowest BCUT2D eigenvalue weighted by Gasteiger charge is -2.28. The van der Waals surface area contributed by atoms with Crippen molar-refractivity contribution in [2.24, 2.45) is 11.7 Å². The van der Waals surface area contributed by atoms with Crippen molar-refractivity contribution < 1.29 is 31.9 Å². The van der Waals surface area contributed by atoms with E-state index >= 15 is 0 Å². The van der Waals surface area contributed by atoms with Gasteiger partial charge in [0, 0.05) is 12.0 Å². The predicted octanol–water partition coefficient (Wildman–Crippen LogP) is 0.482. The van der Waals surface area contributed by atoms with E-state index in [0.29, 0.717) is 0 Å². The first-order chi connectivity index (χ1) is 15.6. The minimum atomic E-state index is -4.98. The normalized spacial score (nSPS) is 16.6. The van der Waals surface area contributed by atoms with Crippen LogP contribution in [-0.2, 0) is 20.8 Å². The standard InChI is InChI=1S/C19H21F4N7O3/c20-11-4-2-1-3-10(11)16(19(21,22)23)25-13(8-14-27-29-30-28-14)18(33)26-12(7-9-5-6-9)15(31)17(24)32/h1-4,9,12-13,16,25H,5-8H2,(H2,24,32)(H,26,33)(H,27,28,29,30)/t12-,13-,16-/m0/s1. The molecule has 0 spiro atoms. The highest BCUT2D eigenvalue weighted by molar-refractivity contribution is 6.37. The number of nitrogens with two attached hydrogens (primary N) is 1. The summed E-state index contributed by atoms with van der Waals surface area (Å²) in [4.78, 5) is 36.5. The van der Waals surface area contributed by atoms with Crippen LogP contribution in [0.15, 0.2) is 24.3 Å². The minimum absolute atomic E-state index is 0.0866. The number of H-pyrrole nitrogens is 1. The Morgan fingerprint density at radius 2 is 1.88 bits per heavy atom. The van der Waals surface area contributed by atoms with Gasteiger partial charge in [-0.3, -0.25) is 19.7 Å². The Kier molecular flexibility index (Phi) is 7.36. The molecule has 1 saturated carbocycles. The summed E-state index contributed by atoms with van der Waals surface area (Å²) in [5.74, 6) is -4.51. The number of nitrogens with one attached hydrogen (secondary N) is 3. The molecule has 0 radical (unpaired) electrons. The van der Waals surface area contributed by atoms with Crippen molar-refractivity contribution in [1.82, 2.24) is 31.3 Å². The molecule has 0 aliphatic heterocycles. The largest absolute Gasteiger partial charge is 0.408 e. The summed E-state index contributed by atoms with van der Waals surface area (Å²) in [5.41, 5.74) is 4.32. The molecule has 1 aromatic heterocycles. The monoisotopic (exact) mass is 471 g/mol. The maximum Gasteiger partial charge on any atom is 0.408 e. The summed E-state index contributed by atoms with van der Waals surface area (Å²) in [6.45, 7) is 0. The molecule has 2 amide bonds. The Balaban J connectivity index is 1.87. The molecular formula is C19H21F4N7O3. The third-order valence-corrected chi connectivity index (χ3v) is 5.15. The summed E-state index contributed by atoms with van der Waals surface area (Å²) in [6.07, 6.45) is -3.75. The molecule has 10 nitrogen and oxygen atoms in total. The maximum absolute atomic E-state index is 14.2. The van der Waals surface area contributed by atoms with E-state index in [9.17, 15) is 31.9 Å². The molecule has 3 rings (SSSR count). The first-order valence-electron chi connectivity index (χ1n) is 9.99. The van der Waals surface area contributed by atoms with E-state index in [2.05, 4.69) is 31.3 Å². The number of carbonyl (C=O) groups is 3. The summed E-state index contributed by atoms with van der Waals surface area (Å²) in [5, 5.41) is 17.1. The summed E-state index contributed by atoms with van der Waals surface area (Å²) >= 11 is 0. The zero-order chi connectivity index (χ0) is 24.2. The van der Waals surface area contributed by atoms with Crippen LogP contribution in [0.2, 0.25) is 0 Å². The molecule has 14 heteroatoms. The highest BCUT2D eigenvalue weighted by Gasteiger charge is 2.44. The van der Waals surface area contributed by atoms with Gasteiger partial charge in [-0.25, -0.2) is 4.39 Å². The molecule has 3 atom stereocenters. The molecule has 0 saturated heterocycles. The molecule has 33 heavy (non-hydrogen) atoms. The highest BCUT2D eigenvalue weighted by atomic mass is 19.4. The van der Waals surface area contributed by atoms with Crippen molar-refractivity contribution in [3.05, 3.63) is 41.5 Å². The van der Waals surface area contributed by atoms with Crippen LogP contribution >= 0.6 is 0 Å². The van der Waals surface area contributed by atoms with E-state index in [-0.39, 0.29) is 18.2 Å². The van der Waals surface area contributed by atoms with Gasteiger partial charge >= 0.3 is 6.18 Å². The Bertz CT molecular complexity index is 996. The number of amides is 2. The lowest BCUT2D eigenvalue weighted by atomic mass is 10.0. The van der Waals surface area contributed by atoms with Crippen molar-refractivity contribution in [3.63, 3.8) is 0 Å². The number of carbonyl (C=O) groups excluding carboxylic acids is 3. The first kappa shape index (κ1) is 24.2. The molecule has 0 unspecified atom stereocenters. The van der Waals surface area contributed by atoms with Gasteiger partial charge in [0.25, 0.3) is 5.91 Å². The zero-order valence-corrected chi connectivity index (χ0v) is 17.1. The van der Waals surface area contributed by atoms with E-state index in [4.69, 9.17) is 5.73 Å². The average Bonchev–Trinajstić information content (AvgIpc) is 3.41. The summed E-state index contributed by atoms with van der Waals surface area (Å²) in [6, 6.07) is -1.25. The van der Waals surface area contributed by atoms with Crippen molar-refractivity contribution in [1.29, 1.82) is 0 Å². The number of rotatable bonds is 11. The van der Waals surface area contributed by atoms with Gasteiger partial charge in [0.2, 0.25) is 11.7 Å². The average molecular weight is 471 g/mol. The van der Waals surface area contributed by atoms with Crippen LogP contribution in [0.3, 0.4) is 0 Å². The molecule has 1 fully saturated rings. The Hall–Kier alpha value is -3.42. The number of hydrogen-bond acceptors (Lipinski definition) is 7. The quantitative estimate of drug-likeness (QED) is 0.274. The molecule has 178 valence electrons. The van der Waals surface area contributed by atoms with Crippen molar-refractivity contribution in [2.75, 3.05) is 0 Å². The number of hydrogen-bond donors (Lipinski definition) is 4. The summed E-state index contributed by atoms with van der Waals surface area (Å²) in [7, 11) is 0. The van der Waals surface area contributed by atoms with Crippen molar-refractivity contribution in [2.45, 2.75) is 50.0 Å². The number of benzene rings is 1. The molecule has 5 N–H and O–H groups in total.